The van der Waals surface area contributed by atoms with Crippen molar-refractivity contribution in [1.29, 1.82) is 0 Å². The zero-order valence-electron chi connectivity index (χ0n) is 9.59. The Labute approximate surface area is 133 Å². The van der Waals surface area contributed by atoms with E-state index in [4.69, 9.17) is 39.9 Å². The molecule has 0 saturated carbocycles. The summed E-state index contributed by atoms with van der Waals surface area (Å²) in [4.78, 5) is 17.0. The number of fused-ring (bicyclic) bond motifs is 1. The van der Waals surface area contributed by atoms with Crippen LogP contribution >= 0.6 is 46.1 Å². The Hall–Kier alpha value is -0.900. The smallest absolute Gasteiger partial charge is 0.422 e. The number of hydrogen-bond donors (Lipinski definition) is 2. The van der Waals surface area contributed by atoms with Gasteiger partial charge in [0.1, 0.15) is 15.9 Å². The van der Waals surface area contributed by atoms with Crippen LogP contribution in [0.15, 0.2) is 0 Å². The summed E-state index contributed by atoms with van der Waals surface area (Å²) in [7, 11) is 0. The zero-order chi connectivity index (χ0) is 16.0. The number of halogens is 6. The first-order valence-corrected chi connectivity index (χ1v) is 6.96. The van der Waals surface area contributed by atoms with Crippen molar-refractivity contribution in [2.24, 2.45) is 0 Å². The van der Waals surface area contributed by atoms with Crippen molar-refractivity contribution in [3.05, 3.63) is 10.7 Å². The third-order valence-corrected chi connectivity index (χ3v) is 3.76. The molecule has 0 aliphatic heterocycles. The van der Waals surface area contributed by atoms with E-state index < -0.39 is 22.5 Å². The minimum Gasteiger partial charge on any atom is -0.477 e. The number of carbonyl (C=O) groups is 1. The molecule has 0 amide bonds. The van der Waals surface area contributed by atoms with Crippen LogP contribution in [0, 0.1) is 0 Å². The lowest BCUT2D eigenvalue weighted by molar-refractivity contribution is -0.152. The Bertz CT molecular complexity index is 692. The number of nitrogens with zero attached hydrogens (tertiary/aromatic N) is 1. The number of carboxylic acids is 1. The van der Waals surface area contributed by atoms with Crippen LogP contribution in [0.2, 0.25) is 0 Å². The molecule has 12 heteroatoms. The van der Waals surface area contributed by atoms with E-state index in [1.54, 1.807) is 0 Å². The second-order valence-corrected chi connectivity index (χ2v) is 7.00. The first-order chi connectivity index (χ1) is 9.49. The number of ether oxygens (including phenoxy) is 1. The van der Waals surface area contributed by atoms with Crippen molar-refractivity contribution in [3.8, 4) is 5.06 Å². The van der Waals surface area contributed by atoms with E-state index >= 15 is 0 Å². The maximum absolute atomic E-state index is 12.2. The number of H-pyrrole nitrogens is 1. The molecular formula is C9H4Cl3F3N2O3S. The third kappa shape index (κ3) is 3.65. The molecule has 2 aromatic heterocycles. The number of hydrogen-bond acceptors (Lipinski definition) is 4. The number of imidazole rings is 1. The van der Waals surface area contributed by atoms with Gasteiger partial charge in [0.2, 0.25) is 8.86 Å². The van der Waals surface area contributed by atoms with Gasteiger partial charge in [-0.3, -0.25) is 0 Å². The highest BCUT2D eigenvalue weighted by molar-refractivity contribution is 7.17. The Balaban J connectivity index is 2.50. The summed E-state index contributed by atoms with van der Waals surface area (Å²) in [5.41, 5.74) is -0.200. The lowest BCUT2D eigenvalue weighted by Crippen LogP contribution is -2.18. The summed E-state index contributed by atoms with van der Waals surface area (Å²) in [6.07, 6.45) is -4.57. The maximum Gasteiger partial charge on any atom is 0.422 e. The van der Waals surface area contributed by atoms with E-state index in [0.29, 0.717) is 11.3 Å². The summed E-state index contributed by atoms with van der Waals surface area (Å²) >= 11 is 17.3. The van der Waals surface area contributed by atoms with Crippen LogP contribution < -0.4 is 4.74 Å². The molecule has 0 atom stereocenters. The van der Waals surface area contributed by atoms with Crippen molar-refractivity contribution < 1.29 is 27.8 Å². The summed E-state index contributed by atoms with van der Waals surface area (Å²) in [6.45, 7) is -1.58. The molecule has 0 bridgehead atoms. The zero-order valence-corrected chi connectivity index (χ0v) is 12.7. The quantitative estimate of drug-likeness (QED) is 0.783. The molecule has 21 heavy (non-hydrogen) atoms. The van der Waals surface area contributed by atoms with Gasteiger partial charge in [-0.25, -0.2) is 9.78 Å². The molecule has 116 valence electrons. The van der Waals surface area contributed by atoms with Crippen LogP contribution in [0.25, 0.3) is 11.0 Å². The standard InChI is InChI=1S/C9H4Cl3F3N2O3S/c10-9(11,12)7-16-2-3(17-7)6(20-1-8(13,14)15)21-4(2)5(18)19/h1H2,(H,16,17)(H,18,19). The normalized spacial score (nSPS) is 12.9. The summed E-state index contributed by atoms with van der Waals surface area (Å²) in [5, 5.41) is 8.72. The van der Waals surface area contributed by atoms with Gasteiger partial charge >= 0.3 is 12.1 Å². The minimum absolute atomic E-state index is 0.0667. The van der Waals surface area contributed by atoms with Gasteiger partial charge in [0.05, 0.1) is 0 Å². The van der Waals surface area contributed by atoms with Gasteiger partial charge < -0.3 is 14.8 Å². The number of nitrogens with one attached hydrogen (secondary N) is 1. The molecule has 0 fully saturated rings. The molecule has 2 aromatic rings. The van der Waals surface area contributed by atoms with E-state index in [1.807, 2.05) is 0 Å². The molecule has 0 spiro atoms. The number of alkyl halides is 6. The molecule has 0 aliphatic rings. The fourth-order valence-electron chi connectivity index (χ4n) is 1.41. The number of aromatic amines is 1. The fourth-order valence-corrected chi connectivity index (χ4v) is 2.56. The van der Waals surface area contributed by atoms with E-state index in [-0.39, 0.29) is 26.8 Å². The van der Waals surface area contributed by atoms with Gasteiger partial charge in [-0.15, -0.1) is 0 Å². The van der Waals surface area contributed by atoms with Crippen molar-refractivity contribution >= 4 is 63.1 Å². The van der Waals surface area contributed by atoms with Crippen molar-refractivity contribution in [2.45, 2.75) is 9.97 Å². The van der Waals surface area contributed by atoms with E-state index in [1.165, 1.54) is 0 Å². The van der Waals surface area contributed by atoms with E-state index in [2.05, 4.69) is 14.7 Å². The van der Waals surface area contributed by atoms with E-state index in [0.717, 1.165) is 0 Å². The van der Waals surface area contributed by atoms with Crippen molar-refractivity contribution in [1.82, 2.24) is 9.97 Å². The molecule has 0 aromatic carbocycles. The van der Waals surface area contributed by atoms with Gasteiger partial charge in [-0.05, 0) is 0 Å². The average molecular weight is 384 g/mol. The van der Waals surface area contributed by atoms with Crippen LogP contribution in [-0.4, -0.2) is 33.8 Å². The molecule has 2 N–H and O–H groups in total. The highest BCUT2D eigenvalue weighted by Gasteiger charge is 2.33. The van der Waals surface area contributed by atoms with Crippen LogP contribution in [-0.2, 0) is 3.79 Å². The highest BCUT2D eigenvalue weighted by Crippen LogP contribution is 2.42. The van der Waals surface area contributed by atoms with Gasteiger partial charge in [-0.1, -0.05) is 46.1 Å². The molecule has 0 saturated heterocycles. The van der Waals surface area contributed by atoms with Gasteiger partial charge in [0.15, 0.2) is 12.4 Å². The topological polar surface area (TPSA) is 75.2 Å². The summed E-state index contributed by atoms with van der Waals surface area (Å²) in [5.74, 6) is -1.60. The number of thiophene rings is 1. The molecule has 0 aliphatic carbocycles. The largest absolute Gasteiger partial charge is 0.477 e. The second kappa shape index (κ2) is 5.38. The Morgan fingerprint density at radius 1 is 1.38 bits per heavy atom. The van der Waals surface area contributed by atoms with Gasteiger partial charge in [0.25, 0.3) is 0 Å². The number of rotatable bonds is 3. The lowest BCUT2D eigenvalue weighted by Gasteiger charge is -2.07. The van der Waals surface area contributed by atoms with Crippen LogP contribution in [0.3, 0.4) is 0 Å². The average Bonchev–Trinajstić information content (AvgIpc) is 2.81. The molecule has 2 heterocycles. The lowest BCUT2D eigenvalue weighted by atomic mass is 10.4. The fraction of sp³-hybridized carbons (Fsp3) is 0.333. The number of carboxylic acid groups (broad SMARTS) is 1. The Kier molecular flexibility index (Phi) is 4.22. The number of aromatic carboxylic acids is 1. The van der Waals surface area contributed by atoms with Crippen molar-refractivity contribution in [2.75, 3.05) is 6.61 Å². The SMILES string of the molecule is O=C(O)c1sc(OCC(F)(F)F)c2[nH]c(C(Cl)(Cl)Cl)nc12. The van der Waals surface area contributed by atoms with E-state index in [9.17, 15) is 18.0 Å². The maximum atomic E-state index is 12.2. The Morgan fingerprint density at radius 2 is 2.00 bits per heavy atom. The second-order valence-electron chi connectivity index (χ2n) is 3.73. The molecule has 5 nitrogen and oxygen atoms in total. The summed E-state index contributed by atoms with van der Waals surface area (Å²) < 4.78 is 39.1. The number of aromatic nitrogens is 2. The molecule has 0 radical (unpaired) electrons. The van der Waals surface area contributed by atoms with Crippen LogP contribution in [0.5, 0.6) is 5.06 Å². The van der Waals surface area contributed by atoms with Crippen LogP contribution in [0.1, 0.15) is 15.5 Å². The predicted molar refractivity (Wildman–Crippen MR) is 71.7 cm³/mol. The monoisotopic (exact) mass is 382 g/mol. The third-order valence-electron chi connectivity index (χ3n) is 2.15. The van der Waals surface area contributed by atoms with Crippen molar-refractivity contribution in [3.63, 3.8) is 0 Å². The predicted octanol–water partition coefficient (Wildman–Crippen LogP) is 4.09. The first kappa shape index (κ1) is 16.5. The summed E-state index contributed by atoms with van der Waals surface area (Å²) in [6, 6.07) is 0. The van der Waals surface area contributed by atoms with Crippen LogP contribution in [0.4, 0.5) is 13.2 Å². The molecule has 0 unspecified atom stereocenters. The highest BCUT2D eigenvalue weighted by atomic mass is 35.6. The van der Waals surface area contributed by atoms with Gasteiger partial charge in [0, 0.05) is 0 Å². The minimum atomic E-state index is -4.57. The molecular weight excluding hydrogens is 380 g/mol. The molecule has 2 rings (SSSR count). The Morgan fingerprint density at radius 3 is 2.48 bits per heavy atom. The van der Waals surface area contributed by atoms with Gasteiger partial charge in [-0.2, -0.15) is 13.2 Å². The first-order valence-electron chi connectivity index (χ1n) is 5.01.